The zero-order chi connectivity index (χ0) is 12.1. The Balaban J connectivity index is 2.06. The second kappa shape index (κ2) is 5.72. The summed E-state index contributed by atoms with van der Waals surface area (Å²) in [4.78, 5) is 14.2. The lowest BCUT2D eigenvalue weighted by molar-refractivity contribution is 0.0578. The third-order valence-corrected chi connectivity index (χ3v) is 3.21. The number of carbonyl (C=O) groups is 1. The normalized spacial score (nSPS) is 15.4. The molecule has 1 aromatic heterocycles. The minimum Gasteiger partial charge on any atom is -0.336 e. The van der Waals surface area contributed by atoms with Gasteiger partial charge in [0.2, 0.25) is 0 Å². The number of carbonyl (C=O) groups excluding carboxylic acids is 1. The molecule has 0 bridgehead atoms. The summed E-state index contributed by atoms with van der Waals surface area (Å²) in [6, 6.07) is 2.10. The molecule has 1 fully saturated rings. The maximum absolute atomic E-state index is 12.3. The van der Waals surface area contributed by atoms with Crippen LogP contribution in [0.5, 0.6) is 0 Å². The molecule has 0 aliphatic heterocycles. The van der Waals surface area contributed by atoms with Crippen LogP contribution in [-0.4, -0.2) is 40.1 Å². The first-order chi connectivity index (χ1) is 8.33. The molecule has 1 aliphatic carbocycles. The minimum absolute atomic E-state index is 0.0538. The monoisotopic (exact) mass is 234 g/mol. The highest BCUT2D eigenvalue weighted by Crippen LogP contribution is 2.26. The zero-order valence-corrected chi connectivity index (χ0v) is 9.88. The largest absolute Gasteiger partial charge is 0.336 e. The number of nitrogens with two attached hydrogens (primary N) is 1. The molecular weight excluding hydrogens is 216 g/mol. The van der Waals surface area contributed by atoms with Gasteiger partial charge in [0.15, 0.2) is 0 Å². The molecule has 0 aromatic carbocycles. The lowest BCUT2D eigenvalue weighted by Gasteiger charge is -2.37. The summed E-state index contributed by atoms with van der Waals surface area (Å²) < 4.78 is 0. The Morgan fingerprint density at radius 2 is 2.29 bits per heavy atom. The van der Waals surface area contributed by atoms with Crippen molar-refractivity contribution in [2.24, 2.45) is 5.73 Å². The first-order valence-corrected chi connectivity index (χ1v) is 6.10. The molecular formula is C12H18N4O. The van der Waals surface area contributed by atoms with E-state index in [2.05, 4.69) is 10.2 Å². The summed E-state index contributed by atoms with van der Waals surface area (Å²) in [5.41, 5.74) is 6.13. The van der Waals surface area contributed by atoms with Crippen LogP contribution < -0.4 is 5.73 Å². The smallest absolute Gasteiger partial charge is 0.255 e. The summed E-state index contributed by atoms with van der Waals surface area (Å²) in [5, 5.41) is 7.44. The first-order valence-electron chi connectivity index (χ1n) is 6.10. The highest BCUT2D eigenvalue weighted by molar-refractivity contribution is 5.94. The molecule has 0 saturated heterocycles. The lowest BCUT2D eigenvalue weighted by Crippen LogP contribution is -2.45. The van der Waals surface area contributed by atoms with Crippen molar-refractivity contribution in [3.63, 3.8) is 0 Å². The van der Waals surface area contributed by atoms with Crippen molar-refractivity contribution >= 4 is 5.91 Å². The van der Waals surface area contributed by atoms with E-state index < -0.39 is 0 Å². The maximum atomic E-state index is 12.3. The van der Waals surface area contributed by atoms with E-state index in [0.717, 1.165) is 25.8 Å². The van der Waals surface area contributed by atoms with Crippen molar-refractivity contribution < 1.29 is 4.79 Å². The SMILES string of the molecule is NCCCN(C(=O)c1ccnnc1)C1CCC1. The predicted molar refractivity (Wildman–Crippen MR) is 64.4 cm³/mol. The van der Waals surface area contributed by atoms with Crippen LogP contribution in [0.2, 0.25) is 0 Å². The van der Waals surface area contributed by atoms with Crippen LogP contribution in [0.25, 0.3) is 0 Å². The van der Waals surface area contributed by atoms with Crippen LogP contribution >= 0.6 is 0 Å². The van der Waals surface area contributed by atoms with Gasteiger partial charge in [0, 0.05) is 12.6 Å². The Morgan fingerprint density at radius 3 is 2.82 bits per heavy atom. The fourth-order valence-corrected chi connectivity index (χ4v) is 1.99. The molecule has 1 saturated carbocycles. The molecule has 1 heterocycles. The molecule has 0 unspecified atom stereocenters. The van der Waals surface area contributed by atoms with Gasteiger partial charge in [-0.1, -0.05) is 0 Å². The van der Waals surface area contributed by atoms with Gasteiger partial charge in [-0.05, 0) is 38.3 Å². The molecule has 5 heteroatoms. The zero-order valence-electron chi connectivity index (χ0n) is 9.88. The van der Waals surface area contributed by atoms with Crippen LogP contribution in [0, 0.1) is 0 Å². The van der Waals surface area contributed by atoms with Crippen molar-refractivity contribution in [2.75, 3.05) is 13.1 Å². The van der Waals surface area contributed by atoms with Crippen LogP contribution in [0.1, 0.15) is 36.0 Å². The highest BCUT2D eigenvalue weighted by atomic mass is 16.2. The molecule has 92 valence electrons. The van der Waals surface area contributed by atoms with E-state index in [9.17, 15) is 4.79 Å². The summed E-state index contributed by atoms with van der Waals surface area (Å²) >= 11 is 0. The van der Waals surface area contributed by atoms with Crippen molar-refractivity contribution in [1.29, 1.82) is 0 Å². The topological polar surface area (TPSA) is 72.1 Å². The first kappa shape index (κ1) is 12.0. The second-order valence-corrected chi connectivity index (χ2v) is 4.36. The maximum Gasteiger partial charge on any atom is 0.255 e. The molecule has 1 aromatic rings. The average Bonchev–Trinajstić information content (AvgIpc) is 2.32. The lowest BCUT2D eigenvalue weighted by atomic mass is 9.91. The minimum atomic E-state index is 0.0538. The Kier molecular flexibility index (Phi) is 4.03. The molecule has 5 nitrogen and oxygen atoms in total. The Bertz CT molecular complexity index is 364. The average molecular weight is 234 g/mol. The summed E-state index contributed by atoms with van der Waals surface area (Å²) in [6.07, 6.45) is 7.35. The third kappa shape index (κ3) is 2.79. The van der Waals surface area contributed by atoms with E-state index in [1.807, 2.05) is 4.90 Å². The van der Waals surface area contributed by atoms with Crippen LogP contribution in [0.3, 0.4) is 0 Å². The Hall–Kier alpha value is -1.49. The fourth-order valence-electron chi connectivity index (χ4n) is 1.99. The van der Waals surface area contributed by atoms with Gasteiger partial charge in [-0.2, -0.15) is 10.2 Å². The van der Waals surface area contributed by atoms with Gasteiger partial charge < -0.3 is 10.6 Å². The summed E-state index contributed by atoms with van der Waals surface area (Å²) in [6.45, 7) is 1.35. The summed E-state index contributed by atoms with van der Waals surface area (Å²) in [7, 11) is 0. The quantitative estimate of drug-likeness (QED) is 0.818. The van der Waals surface area contributed by atoms with E-state index >= 15 is 0 Å². The molecule has 0 radical (unpaired) electrons. The molecule has 2 rings (SSSR count). The van der Waals surface area contributed by atoms with Gasteiger partial charge in [0.1, 0.15) is 0 Å². The van der Waals surface area contributed by atoms with Crippen LogP contribution in [0.4, 0.5) is 0 Å². The van der Waals surface area contributed by atoms with Crippen molar-refractivity contribution in [3.8, 4) is 0 Å². The second-order valence-electron chi connectivity index (χ2n) is 4.36. The van der Waals surface area contributed by atoms with E-state index in [1.54, 1.807) is 12.3 Å². The van der Waals surface area contributed by atoms with Gasteiger partial charge >= 0.3 is 0 Å². The van der Waals surface area contributed by atoms with Crippen LogP contribution in [0.15, 0.2) is 18.5 Å². The van der Waals surface area contributed by atoms with E-state index in [0.29, 0.717) is 18.2 Å². The molecule has 2 N–H and O–H groups in total. The highest BCUT2D eigenvalue weighted by Gasteiger charge is 2.28. The van der Waals surface area contributed by atoms with E-state index in [4.69, 9.17) is 5.73 Å². The number of hydrogen-bond acceptors (Lipinski definition) is 4. The Morgan fingerprint density at radius 1 is 1.47 bits per heavy atom. The number of amides is 1. The number of nitrogens with zero attached hydrogens (tertiary/aromatic N) is 3. The molecule has 1 amide bonds. The van der Waals surface area contributed by atoms with E-state index in [1.165, 1.54) is 12.6 Å². The Labute approximate surface area is 101 Å². The van der Waals surface area contributed by atoms with Crippen LogP contribution in [-0.2, 0) is 0 Å². The van der Waals surface area contributed by atoms with Gasteiger partial charge in [-0.25, -0.2) is 0 Å². The molecule has 0 atom stereocenters. The third-order valence-electron chi connectivity index (χ3n) is 3.21. The summed E-state index contributed by atoms with van der Waals surface area (Å²) in [5.74, 6) is 0.0538. The molecule has 0 spiro atoms. The van der Waals surface area contributed by atoms with Gasteiger partial charge in [-0.3, -0.25) is 4.79 Å². The fraction of sp³-hybridized carbons (Fsp3) is 0.583. The van der Waals surface area contributed by atoms with Crippen molar-refractivity contribution in [1.82, 2.24) is 15.1 Å². The predicted octanol–water partition coefficient (Wildman–Crippen LogP) is 0.820. The van der Waals surface area contributed by atoms with Crippen molar-refractivity contribution in [3.05, 3.63) is 24.0 Å². The number of hydrogen-bond donors (Lipinski definition) is 1. The molecule has 1 aliphatic rings. The standard InChI is InChI=1S/C12H18N4O/c13-6-2-8-16(11-3-1-4-11)12(17)10-5-7-14-15-9-10/h5,7,9,11H,1-4,6,8,13H2. The van der Waals surface area contributed by atoms with E-state index in [-0.39, 0.29) is 5.91 Å². The van der Waals surface area contributed by atoms with Gasteiger partial charge in [-0.15, -0.1) is 0 Å². The number of aromatic nitrogens is 2. The van der Waals surface area contributed by atoms with Crippen molar-refractivity contribution in [2.45, 2.75) is 31.7 Å². The molecule has 17 heavy (non-hydrogen) atoms. The van der Waals surface area contributed by atoms with Gasteiger partial charge in [0.05, 0.1) is 18.0 Å². The van der Waals surface area contributed by atoms with Gasteiger partial charge in [0.25, 0.3) is 5.91 Å². The number of rotatable bonds is 5.